The van der Waals surface area contributed by atoms with Gasteiger partial charge in [-0.1, -0.05) is 0 Å². The standard InChI is InChI=1S/C17H18N4O3/c1-22-13-9-19-17(20-10-13)24-12-3-2-7-21(11-12)16-14-5-8-23-15(14)4-6-18-16/h4-6,8-10,12H,2-3,7,11H2,1H3. The minimum absolute atomic E-state index is 0.0242. The summed E-state index contributed by atoms with van der Waals surface area (Å²) in [5.74, 6) is 1.55. The highest BCUT2D eigenvalue weighted by Crippen LogP contribution is 2.28. The fraction of sp³-hybridized carbons (Fsp3) is 0.353. The highest BCUT2D eigenvalue weighted by atomic mass is 16.5. The Morgan fingerprint density at radius 1 is 1.21 bits per heavy atom. The summed E-state index contributed by atoms with van der Waals surface area (Å²) in [6.45, 7) is 1.69. The van der Waals surface area contributed by atoms with Gasteiger partial charge in [-0.3, -0.25) is 0 Å². The summed E-state index contributed by atoms with van der Waals surface area (Å²) in [5, 5.41) is 1.03. The van der Waals surface area contributed by atoms with Gasteiger partial charge in [-0.15, -0.1) is 0 Å². The number of hydrogen-bond donors (Lipinski definition) is 0. The average Bonchev–Trinajstić information content (AvgIpc) is 3.11. The molecular formula is C17H18N4O3. The zero-order chi connectivity index (χ0) is 16.4. The Morgan fingerprint density at radius 3 is 2.92 bits per heavy atom. The monoisotopic (exact) mass is 326 g/mol. The lowest BCUT2D eigenvalue weighted by Gasteiger charge is -2.33. The van der Waals surface area contributed by atoms with E-state index in [1.165, 1.54) is 0 Å². The predicted molar refractivity (Wildman–Crippen MR) is 88.5 cm³/mol. The van der Waals surface area contributed by atoms with Crippen LogP contribution in [-0.4, -0.2) is 41.3 Å². The third-order valence-corrected chi connectivity index (χ3v) is 4.15. The first-order valence-corrected chi connectivity index (χ1v) is 7.93. The topological polar surface area (TPSA) is 73.5 Å². The van der Waals surface area contributed by atoms with Crippen molar-refractivity contribution in [3.63, 3.8) is 0 Å². The molecule has 7 heteroatoms. The summed E-state index contributed by atoms with van der Waals surface area (Å²) in [7, 11) is 1.59. The Kier molecular flexibility index (Phi) is 3.90. The Labute approximate surface area is 139 Å². The molecule has 4 heterocycles. The first-order valence-electron chi connectivity index (χ1n) is 7.93. The molecule has 0 N–H and O–H groups in total. The maximum Gasteiger partial charge on any atom is 0.316 e. The third-order valence-electron chi connectivity index (χ3n) is 4.15. The third kappa shape index (κ3) is 2.84. The molecule has 1 aliphatic rings. The molecule has 1 fully saturated rings. The van der Waals surface area contributed by atoms with Crippen LogP contribution >= 0.6 is 0 Å². The van der Waals surface area contributed by atoms with Gasteiger partial charge in [0.1, 0.15) is 17.5 Å². The molecule has 1 atom stereocenters. The molecule has 0 bridgehead atoms. The Bertz CT molecular complexity index is 818. The quantitative estimate of drug-likeness (QED) is 0.729. The smallest absolute Gasteiger partial charge is 0.316 e. The van der Waals surface area contributed by atoms with Crippen molar-refractivity contribution in [2.24, 2.45) is 0 Å². The molecule has 7 nitrogen and oxygen atoms in total. The molecule has 3 aromatic rings. The minimum Gasteiger partial charge on any atom is -0.494 e. The van der Waals surface area contributed by atoms with Gasteiger partial charge >= 0.3 is 6.01 Å². The molecule has 1 aliphatic heterocycles. The van der Waals surface area contributed by atoms with Gasteiger partial charge in [-0.25, -0.2) is 4.98 Å². The van der Waals surface area contributed by atoms with Crippen molar-refractivity contribution >= 4 is 16.8 Å². The molecule has 1 saturated heterocycles. The van der Waals surface area contributed by atoms with Crippen LogP contribution in [-0.2, 0) is 0 Å². The molecule has 1 unspecified atom stereocenters. The molecule has 0 aliphatic carbocycles. The Balaban J connectivity index is 1.50. The summed E-state index contributed by atoms with van der Waals surface area (Å²) in [6.07, 6.45) is 8.70. The van der Waals surface area contributed by atoms with Gasteiger partial charge in [-0.05, 0) is 25.0 Å². The zero-order valence-electron chi connectivity index (χ0n) is 13.4. The van der Waals surface area contributed by atoms with Crippen LogP contribution in [0, 0.1) is 0 Å². The largest absolute Gasteiger partial charge is 0.494 e. The molecule has 0 aromatic carbocycles. The maximum atomic E-state index is 5.93. The van der Waals surface area contributed by atoms with Crippen molar-refractivity contribution in [2.45, 2.75) is 18.9 Å². The first kappa shape index (κ1) is 14.7. The van der Waals surface area contributed by atoms with Crippen molar-refractivity contribution in [1.29, 1.82) is 0 Å². The van der Waals surface area contributed by atoms with Gasteiger partial charge in [0, 0.05) is 12.7 Å². The molecule has 0 spiro atoms. The molecule has 24 heavy (non-hydrogen) atoms. The summed E-state index contributed by atoms with van der Waals surface area (Å²) in [5.41, 5.74) is 0.849. The summed E-state index contributed by atoms with van der Waals surface area (Å²) < 4.78 is 16.5. The SMILES string of the molecule is COc1cnc(OC2CCCN(c3nccc4occc34)C2)nc1. The normalized spacial score (nSPS) is 17.9. The second-order valence-corrected chi connectivity index (χ2v) is 5.70. The van der Waals surface area contributed by atoms with Crippen molar-refractivity contribution in [3.8, 4) is 11.8 Å². The van der Waals surface area contributed by atoms with Crippen molar-refractivity contribution in [1.82, 2.24) is 15.0 Å². The lowest BCUT2D eigenvalue weighted by molar-refractivity contribution is 0.164. The Morgan fingerprint density at radius 2 is 2.08 bits per heavy atom. The molecule has 3 aromatic heterocycles. The van der Waals surface area contributed by atoms with E-state index in [-0.39, 0.29) is 6.10 Å². The number of nitrogens with zero attached hydrogens (tertiary/aromatic N) is 4. The molecule has 0 radical (unpaired) electrons. The zero-order valence-corrected chi connectivity index (χ0v) is 13.4. The number of fused-ring (bicyclic) bond motifs is 1. The maximum absolute atomic E-state index is 5.93. The number of aromatic nitrogens is 3. The van der Waals surface area contributed by atoms with Crippen molar-refractivity contribution in [3.05, 3.63) is 37.0 Å². The summed E-state index contributed by atoms with van der Waals surface area (Å²) in [4.78, 5) is 15.1. The minimum atomic E-state index is 0.0242. The number of hydrogen-bond acceptors (Lipinski definition) is 7. The molecule has 0 saturated carbocycles. The second-order valence-electron chi connectivity index (χ2n) is 5.70. The fourth-order valence-electron chi connectivity index (χ4n) is 2.98. The number of piperidine rings is 1. The van der Waals surface area contributed by atoms with Crippen LogP contribution < -0.4 is 14.4 Å². The number of methoxy groups -OCH3 is 1. The van der Waals surface area contributed by atoms with Crippen LogP contribution in [0.1, 0.15) is 12.8 Å². The summed E-state index contributed by atoms with van der Waals surface area (Å²) >= 11 is 0. The van der Waals surface area contributed by atoms with E-state index in [2.05, 4.69) is 19.9 Å². The van der Waals surface area contributed by atoms with Crippen LogP contribution in [0.15, 0.2) is 41.4 Å². The fourth-order valence-corrected chi connectivity index (χ4v) is 2.98. The number of pyridine rings is 1. The van der Waals surface area contributed by atoms with Crippen LogP contribution in [0.3, 0.4) is 0 Å². The van der Waals surface area contributed by atoms with Crippen LogP contribution in [0.2, 0.25) is 0 Å². The predicted octanol–water partition coefficient (Wildman–Crippen LogP) is 2.67. The van der Waals surface area contributed by atoms with E-state index in [1.807, 2.05) is 12.1 Å². The second kappa shape index (κ2) is 6.35. The lowest BCUT2D eigenvalue weighted by Crippen LogP contribution is -2.41. The van der Waals surface area contributed by atoms with Gasteiger partial charge in [-0.2, -0.15) is 9.97 Å². The van der Waals surface area contributed by atoms with E-state index >= 15 is 0 Å². The van der Waals surface area contributed by atoms with Crippen LogP contribution in [0.25, 0.3) is 11.0 Å². The van der Waals surface area contributed by atoms with Gasteiger partial charge < -0.3 is 18.8 Å². The van der Waals surface area contributed by atoms with Gasteiger partial charge in [0.15, 0.2) is 5.75 Å². The molecule has 0 amide bonds. The van der Waals surface area contributed by atoms with E-state index in [4.69, 9.17) is 13.9 Å². The van der Waals surface area contributed by atoms with E-state index in [0.717, 1.165) is 42.7 Å². The first-order chi connectivity index (χ1) is 11.8. The van der Waals surface area contributed by atoms with E-state index < -0.39 is 0 Å². The van der Waals surface area contributed by atoms with E-state index in [1.54, 1.807) is 32.0 Å². The highest BCUT2D eigenvalue weighted by Gasteiger charge is 2.24. The lowest BCUT2D eigenvalue weighted by atomic mass is 10.1. The van der Waals surface area contributed by atoms with Crippen LogP contribution in [0.4, 0.5) is 5.82 Å². The summed E-state index contributed by atoms with van der Waals surface area (Å²) in [6, 6.07) is 4.20. The number of furan rings is 1. The van der Waals surface area contributed by atoms with Crippen molar-refractivity contribution in [2.75, 3.05) is 25.1 Å². The molecule has 4 rings (SSSR count). The van der Waals surface area contributed by atoms with Gasteiger partial charge in [0.05, 0.1) is 37.7 Å². The van der Waals surface area contributed by atoms with Crippen LogP contribution in [0.5, 0.6) is 11.8 Å². The molecular weight excluding hydrogens is 308 g/mol. The average molecular weight is 326 g/mol. The van der Waals surface area contributed by atoms with E-state index in [9.17, 15) is 0 Å². The molecule has 124 valence electrons. The van der Waals surface area contributed by atoms with E-state index in [0.29, 0.717) is 11.8 Å². The number of rotatable bonds is 4. The number of ether oxygens (including phenoxy) is 2. The van der Waals surface area contributed by atoms with Gasteiger partial charge in [0.2, 0.25) is 0 Å². The Hall–Kier alpha value is -2.83. The number of anilines is 1. The van der Waals surface area contributed by atoms with Gasteiger partial charge in [0.25, 0.3) is 0 Å². The highest BCUT2D eigenvalue weighted by molar-refractivity contribution is 5.88. The van der Waals surface area contributed by atoms with Crippen molar-refractivity contribution < 1.29 is 13.9 Å².